The lowest BCUT2D eigenvalue weighted by Gasteiger charge is -2.45. The molecule has 21 heavy (non-hydrogen) atoms. The van der Waals surface area contributed by atoms with Crippen LogP contribution in [0.3, 0.4) is 0 Å². The zero-order valence-electron chi connectivity index (χ0n) is 15.0. The number of likely N-dealkylation sites (tertiary alicyclic amines) is 1. The average Bonchev–Trinajstić information content (AvgIpc) is 2.46. The van der Waals surface area contributed by atoms with Gasteiger partial charge < -0.3 is 10.2 Å². The average molecular weight is 295 g/mol. The fraction of sp³-hybridized carbons (Fsp3) is 1.00. The molecule has 0 radical (unpaired) electrons. The van der Waals surface area contributed by atoms with E-state index in [1.54, 1.807) is 0 Å². The van der Waals surface area contributed by atoms with Crippen LogP contribution in [-0.4, -0.2) is 37.6 Å². The van der Waals surface area contributed by atoms with Gasteiger partial charge in [0.15, 0.2) is 0 Å². The Labute approximate surface area is 133 Å². The number of hydrogen-bond donors (Lipinski definition) is 1. The highest BCUT2D eigenvalue weighted by Crippen LogP contribution is 2.40. The van der Waals surface area contributed by atoms with Crippen molar-refractivity contribution in [2.45, 2.75) is 66.2 Å². The molecular weight excluding hydrogens is 256 g/mol. The molecule has 2 rings (SSSR count). The first-order valence-corrected chi connectivity index (χ1v) is 9.48. The second kappa shape index (κ2) is 7.97. The molecule has 2 fully saturated rings. The zero-order valence-corrected chi connectivity index (χ0v) is 15.0. The maximum atomic E-state index is 3.67. The lowest BCUT2D eigenvalue weighted by molar-refractivity contribution is 0.0561. The van der Waals surface area contributed by atoms with E-state index in [-0.39, 0.29) is 0 Å². The first kappa shape index (κ1) is 17.3. The Morgan fingerprint density at radius 3 is 2.48 bits per heavy atom. The van der Waals surface area contributed by atoms with E-state index in [2.05, 4.69) is 37.9 Å². The summed E-state index contributed by atoms with van der Waals surface area (Å²) in [5.41, 5.74) is 0.554. The summed E-state index contributed by atoms with van der Waals surface area (Å²) >= 11 is 0. The SMILES string of the molecule is CCNCC1(CN2CCC(C(C)C)CC2)CCCC(C)C1. The van der Waals surface area contributed by atoms with Crippen molar-refractivity contribution < 1.29 is 0 Å². The number of piperidine rings is 1. The molecule has 1 N–H and O–H groups in total. The van der Waals surface area contributed by atoms with Crippen LogP contribution in [-0.2, 0) is 0 Å². The van der Waals surface area contributed by atoms with Crippen molar-refractivity contribution in [2.75, 3.05) is 32.7 Å². The Morgan fingerprint density at radius 2 is 1.90 bits per heavy atom. The van der Waals surface area contributed by atoms with Crippen LogP contribution in [0.4, 0.5) is 0 Å². The van der Waals surface area contributed by atoms with Gasteiger partial charge in [0, 0.05) is 13.1 Å². The van der Waals surface area contributed by atoms with E-state index in [4.69, 9.17) is 0 Å². The molecule has 1 aliphatic carbocycles. The van der Waals surface area contributed by atoms with Crippen molar-refractivity contribution in [2.24, 2.45) is 23.2 Å². The van der Waals surface area contributed by atoms with Gasteiger partial charge in [-0.25, -0.2) is 0 Å². The fourth-order valence-corrected chi connectivity index (χ4v) is 4.77. The summed E-state index contributed by atoms with van der Waals surface area (Å²) in [6, 6.07) is 0. The molecule has 0 aromatic heterocycles. The van der Waals surface area contributed by atoms with Gasteiger partial charge in [0.2, 0.25) is 0 Å². The molecule has 2 atom stereocenters. The Morgan fingerprint density at radius 1 is 1.19 bits per heavy atom. The number of nitrogens with one attached hydrogen (secondary N) is 1. The summed E-state index contributed by atoms with van der Waals surface area (Å²) in [6.07, 6.45) is 8.60. The predicted molar refractivity (Wildman–Crippen MR) is 92.6 cm³/mol. The van der Waals surface area contributed by atoms with Crippen molar-refractivity contribution in [1.82, 2.24) is 10.2 Å². The highest BCUT2D eigenvalue weighted by Gasteiger charge is 2.37. The quantitative estimate of drug-likeness (QED) is 0.791. The molecule has 0 spiro atoms. The summed E-state index contributed by atoms with van der Waals surface area (Å²) in [6.45, 7) is 15.9. The zero-order chi connectivity index (χ0) is 15.3. The highest BCUT2D eigenvalue weighted by atomic mass is 15.1. The minimum absolute atomic E-state index is 0.554. The van der Waals surface area contributed by atoms with Gasteiger partial charge >= 0.3 is 0 Å². The normalized spacial score (nSPS) is 32.7. The summed E-state index contributed by atoms with van der Waals surface area (Å²) in [5, 5.41) is 3.67. The first-order valence-electron chi connectivity index (χ1n) is 9.48. The van der Waals surface area contributed by atoms with Crippen molar-refractivity contribution in [3.8, 4) is 0 Å². The molecule has 0 aromatic carbocycles. The van der Waals surface area contributed by atoms with Crippen LogP contribution in [0.1, 0.15) is 66.2 Å². The van der Waals surface area contributed by atoms with Gasteiger partial charge in [0.05, 0.1) is 0 Å². The predicted octanol–water partition coefficient (Wildman–Crippen LogP) is 4.16. The molecule has 2 aliphatic rings. The molecular formula is C19H38N2. The van der Waals surface area contributed by atoms with E-state index in [0.717, 1.165) is 24.3 Å². The lowest BCUT2D eigenvalue weighted by atomic mass is 9.69. The standard InChI is InChI=1S/C19H38N2/c1-5-20-14-19(10-6-7-17(4)13-19)15-21-11-8-18(9-12-21)16(2)3/h16-18,20H,5-15H2,1-4H3. The topological polar surface area (TPSA) is 15.3 Å². The minimum atomic E-state index is 0.554. The summed E-state index contributed by atoms with van der Waals surface area (Å²) < 4.78 is 0. The molecule has 0 amide bonds. The monoisotopic (exact) mass is 294 g/mol. The maximum Gasteiger partial charge on any atom is 0.00502 e. The van der Waals surface area contributed by atoms with Crippen LogP contribution < -0.4 is 5.32 Å². The van der Waals surface area contributed by atoms with Gasteiger partial charge in [-0.2, -0.15) is 0 Å². The van der Waals surface area contributed by atoms with Crippen LogP contribution in [0.15, 0.2) is 0 Å². The molecule has 2 heteroatoms. The third kappa shape index (κ3) is 4.96. The fourth-order valence-electron chi connectivity index (χ4n) is 4.77. The van der Waals surface area contributed by atoms with E-state index >= 15 is 0 Å². The highest BCUT2D eigenvalue weighted by molar-refractivity contribution is 4.91. The van der Waals surface area contributed by atoms with Gasteiger partial charge in [0.1, 0.15) is 0 Å². The molecule has 1 saturated carbocycles. The molecule has 0 bridgehead atoms. The second-order valence-electron chi connectivity index (χ2n) is 8.34. The lowest BCUT2D eigenvalue weighted by Crippen LogP contribution is -2.48. The van der Waals surface area contributed by atoms with Gasteiger partial charge in [0.25, 0.3) is 0 Å². The summed E-state index contributed by atoms with van der Waals surface area (Å²) in [4.78, 5) is 2.79. The third-order valence-electron chi connectivity index (χ3n) is 6.07. The maximum absolute atomic E-state index is 3.67. The van der Waals surface area contributed by atoms with Crippen molar-refractivity contribution >= 4 is 0 Å². The van der Waals surface area contributed by atoms with Crippen molar-refractivity contribution in [3.05, 3.63) is 0 Å². The molecule has 0 aromatic rings. The molecule has 1 saturated heterocycles. The Balaban J connectivity index is 1.90. The largest absolute Gasteiger partial charge is 0.316 e. The Kier molecular flexibility index (Phi) is 6.55. The second-order valence-corrected chi connectivity index (χ2v) is 8.34. The summed E-state index contributed by atoms with van der Waals surface area (Å²) in [7, 11) is 0. The van der Waals surface area contributed by atoms with Crippen LogP contribution >= 0.6 is 0 Å². The smallest absolute Gasteiger partial charge is 0.00502 e. The molecule has 1 heterocycles. The number of rotatable bonds is 6. The number of nitrogens with zero attached hydrogens (tertiary/aromatic N) is 1. The van der Waals surface area contributed by atoms with Gasteiger partial charge in [-0.1, -0.05) is 40.5 Å². The van der Waals surface area contributed by atoms with Gasteiger partial charge in [-0.3, -0.25) is 0 Å². The summed E-state index contributed by atoms with van der Waals surface area (Å²) in [5.74, 6) is 2.76. The van der Waals surface area contributed by atoms with Crippen LogP contribution in [0, 0.1) is 23.2 Å². The molecule has 2 unspecified atom stereocenters. The van der Waals surface area contributed by atoms with Crippen molar-refractivity contribution in [1.29, 1.82) is 0 Å². The minimum Gasteiger partial charge on any atom is -0.316 e. The number of hydrogen-bond acceptors (Lipinski definition) is 2. The van der Waals surface area contributed by atoms with E-state index in [1.807, 2.05) is 0 Å². The van der Waals surface area contributed by atoms with E-state index in [1.165, 1.54) is 64.7 Å². The van der Waals surface area contributed by atoms with Crippen LogP contribution in [0.2, 0.25) is 0 Å². The van der Waals surface area contributed by atoms with Crippen LogP contribution in [0.5, 0.6) is 0 Å². The van der Waals surface area contributed by atoms with E-state index < -0.39 is 0 Å². The van der Waals surface area contributed by atoms with E-state index in [9.17, 15) is 0 Å². The Bertz CT molecular complexity index is 294. The molecule has 2 nitrogen and oxygen atoms in total. The Hall–Kier alpha value is -0.0800. The van der Waals surface area contributed by atoms with Gasteiger partial charge in [-0.15, -0.1) is 0 Å². The van der Waals surface area contributed by atoms with Crippen molar-refractivity contribution in [3.63, 3.8) is 0 Å². The van der Waals surface area contributed by atoms with Crippen LogP contribution in [0.25, 0.3) is 0 Å². The third-order valence-corrected chi connectivity index (χ3v) is 6.07. The molecule has 124 valence electrons. The van der Waals surface area contributed by atoms with Gasteiger partial charge in [-0.05, 0) is 68.5 Å². The molecule has 1 aliphatic heterocycles. The van der Waals surface area contributed by atoms with E-state index in [0.29, 0.717) is 5.41 Å². The first-order chi connectivity index (χ1) is 10.0.